The van der Waals surface area contributed by atoms with E-state index in [0.717, 1.165) is 6.07 Å². The number of carbonyl (C=O) groups excluding carboxylic acids is 1. The lowest BCUT2D eigenvalue weighted by molar-refractivity contribution is -0.137. The molecule has 0 saturated heterocycles. The van der Waals surface area contributed by atoms with Gasteiger partial charge < -0.3 is 0 Å². The molecular weight excluding hydrogens is 357 g/mol. The average Bonchev–Trinajstić information content (AvgIpc) is 2.15. The highest BCUT2D eigenvalue weighted by Crippen LogP contribution is 2.35. The van der Waals surface area contributed by atoms with Crippen LogP contribution in [0.2, 0.25) is 0 Å². The van der Waals surface area contributed by atoms with Crippen LogP contribution in [0.5, 0.6) is 0 Å². The monoisotopic (exact) mass is 359 g/mol. The van der Waals surface area contributed by atoms with E-state index in [1.54, 1.807) is 6.07 Å². The molecule has 0 unspecified atom stereocenters. The van der Waals surface area contributed by atoms with E-state index in [0.29, 0.717) is 6.07 Å². The molecule has 0 fully saturated rings. The molecule has 0 bridgehead atoms. The maximum atomic E-state index is 12.5. The summed E-state index contributed by atoms with van der Waals surface area (Å²) in [6.07, 6.45) is -4.67. The first-order valence-corrected chi connectivity index (χ1v) is 5.24. The number of carbonyl (C=O) groups is 1. The largest absolute Gasteiger partial charge is 0.417 e. The summed E-state index contributed by atoms with van der Waals surface area (Å²) >= 11 is 6.59. The van der Waals surface area contributed by atoms with Crippen molar-refractivity contribution in [3.63, 3.8) is 0 Å². The quantitative estimate of drug-likeness (QED) is 0.568. The zero-order valence-electron chi connectivity index (χ0n) is 7.40. The molecule has 0 aliphatic carbocycles. The van der Waals surface area contributed by atoms with Crippen molar-refractivity contribution in [2.75, 3.05) is 0 Å². The van der Waals surface area contributed by atoms with Crippen LogP contribution in [0.25, 0.3) is 0 Å². The molecule has 0 heterocycles. The number of alkyl halides is 3. The van der Waals surface area contributed by atoms with E-state index in [2.05, 4.69) is 0 Å². The number of halogens is 5. The second-order valence-corrected chi connectivity index (χ2v) is 4.15. The van der Waals surface area contributed by atoms with Crippen molar-refractivity contribution >= 4 is 39.4 Å². The molecule has 1 aromatic carbocycles. The third kappa shape index (κ3) is 2.47. The molecule has 2 nitrogen and oxygen atoms in total. The van der Waals surface area contributed by atoms with Gasteiger partial charge in [0, 0.05) is 3.57 Å². The van der Waals surface area contributed by atoms with Gasteiger partial charge in [-0.05, 0) is 46.3 Å². The molecule has 0 aromatic heterocycles. The van der Waals surface area contributed by atoms with Gasteiger partial charge in [-0.3, -0.25) is 4.79 Å². The van der Waals surface area contributed by atoms with Crippen molar-refractivity contribution in [1.29, 1.82) is 5.26 Å². The summed E-state index contributed by atoms with van der Waals surface area (Å²) in [5, 5.41) is 7.40. The van der Waals surface area contributed by atoms with E-state index >= 15 is 0 Å². The minimum atomic E-state index is -4.67. The van der Waals surface area contributed by atoms with E-state index < -0.39 is 22.5 Å². The molecule has 0 amide bonds. The van der Waals surface area contributed by atoms with Crippen molar-refractivity contribution in [2.24, 2.45) is 0 Å². The van der Waals surface area contributed by atoms with Gasteiger partial charge in [-0.2, -0.15) is 18.4 Å². The molecule has 0 N–H and O–H groups in total. The number of rotatable bonds is 1. The fourth-order valence-electron chi connectivity index (χ4n) is 1.09. The highest BCUT2D eigenvalue weighted by Gasteiger charge is 2.36. The molecular formula is C9H2ClF3INO. The maximum Gasteiger partial charge on any atom is 0.417 e. The zero-order valence-corrected chi connectivity index (χ0v) is 10.3. The third-order valence-corrected chi connectivity index (χ3v) is 3.07. The highest BCUT2D eigenvalue weighted by atomic mass is 127. The maximum absolute atomic E-state index is 12.5. The molecule has 7 heteroatoms. The molecule has 0 atom stereocenters. The summed E-state index contributed by atoms with van der Waals surface area (Å²) in [6.45, 7) is 0. The first-order valence-electron chi connectivity index (χ1n) is 3.78. The molecule has 16 heavy (non-hydrogen) atoms. The number of nitriles is 1. The van der Waals surface area contributed by atoms with Crippen LogP contribution in [0.4, 0.5) is 13.2 Å². The average molecular weight is 359 g/mol. The summed E-state index contributed by atoms with van der Waals surface area (Å²) < 4.78 is 37.5. The molecule has 0 saturated carbocycles. The molecule has 84 valence electrons. The topological polar surface area (TPSA) is 40.9 Å². The van der Waals surface area contributed by atoms with E-state index in [-0.39, 0.29) is 9.13 Å². The lowest BCUT2D eigenvalue weighted by Crippen LogP contribution is -2.13. The van der Waals surface area contributed by atoms with Crippen LogP contribution >= 0.6 is 34.2 Å². The first kappa shape index (κ1) is 13.3. The predicted octanol–water partition coefficient (Wildman–Crippen LogP) is 3.56. The minimum Gasteiger partial charge on any atom is -0.276 e. The van der Waals surface area contributed by atoms with Crippen molar-refractivity contribution in [3.8, 4) is 6.07 Å². The van der Waals surface area contributed by atoms with Crippen LogP contribution in [0.1, 0.15) is 21.5 Å². The minimum absolute atomic E-state index is 0.0161. The van der Waals surface area contributed by atoms with Crippen LogP contribution in [0.15, 0.2) is 12.1 Å². The van der Waals surface area contributed by atoms with Crippen molar-refractivity contribution in [2.45, 2.75) is 6.18 Å². The van der Waals surface area contributed by atoms with Crippen LogP contribution < -0.4 is 0 Å². The Hall–Kier alpha value is -0.810. The normalized spacial score (nSPS) is 11.0. The molecule has 1 rings (SSSR count). The van der Waals surface area contributed by atoms with Crippen molar-refractivity contribution < 1.29 is 18.0 Å². The lowest BCUT2D eigenvalue weighted by Gasteiger charge is -2.12. The second kappa shape index (κ2) is 4.59. The SMILES string of the molecule is N#Cc1ccc(C(F)(F)F)c(C(=O)Cl)c1I. The van der Waals surface area contributed by atoms with Gasteiger partial charge in [0.15, 0.2) is 0 Å². The third-order valence-electron chi connectivity index (χ3n) is 1.76. The Morgan fingerprint density at radius 1 is 1.44 bits per heavy atom. The Morgan fingerprint density at radius 3 is 2.38 bits per heavy atom. The van der Waals surface area contributed by atoms with Gasteiger partial charge in [0.2, 0.25) is 0 Å². The van der Waals surface area contributed by atoms with Crippen LogP contribution in [-0.2, 0) is 6.18 Å². The van der Waals surface area contributed by atoms with E-state index in [1.165, 1.54) is 22.6 Å². The summed E-state index contributed by atoms with van der Waals surface area (Å²) in [4.78, 5) is 11.0. The van der Waals surface area contributed by atoms with Gasteiger partial charge in [-0.25, -0.2) is 0 Å². The van der Waals surface area contributed by atoms with Gasteiger partial charge in [0.25, 0.3) is 5.24 Å². The van der Waals surface area contributed by atoms with Crippen LogP contribution in [-0.4, -0.2) is 5.24 Å². The Kier molecular flexibility index (Phi) is 3.80. The van der Waals surface area contributed by atoms with E-state index in [4.69, 9.17) is 16.9 Å². The van der Waals surface area contributed by atoms with Gasteiger partial charge in [0.05, 0.1) is 16.7 Å². The summed E-state index contributed by atoms with van der Waals surface area (Å²) in [7, 11) is 0. The summed E-state index contributed by atoms with van der Waals surface area (Å²) in [6, 6.07) is 3.37. The van der Waals surface area contributed by atoms with Crippen LogP contribution in [0.3, 0.4) is 0 Å². The Bertz CT molecular complexity index is 493. The lowest BCUT2D eigenvalue weighted by atomic mass is 10.0. The number of nitrogens with zero attached hydrogens (tertiary/aromatic N) is 1. The summed E-state index contributed by atoms with van der Waals surface area (Å²) in [5.74, 6) is 0. The summed E-state index contributed by atoms with van der Waals surface area (Å²) in [5.41, 5.74) is -1.82. The number of benzene rings is 1. The smallest absolute Gasteiger partial charge is 0.276 e. The molecule has 0 spiro atoms. The standard InChI is InChI=1S/C9H2ClF3INO/c10-8(16)6-5(9(11,12)13)2-1-4(3-15)7(6)14/h1-2H. The number of hydrogen-bond acceptors (Lipinski definition) is 2. The fourth-order valence-corrected chi connectivity index (χ4v) is 2.28. The van der Waals surface area contributed by atoms with Gasteiger partial charge >= 0.3 is 6.18 Å². The van der Waals surface area contributed by atoms with Gasteiger partial charge in [0.1, 0.15) is 6.07 Å². The van der Waals surface area contributed by atoms with Crippen molar-refractivity contribution in [1.82, 2.24) is 0 Å². The zero-order chi connectivity index (χ0) is 12.5. The first-order chi connectivity index (χ1) is 7.29. The fraction of sp³-hybridized carbons (Fsp3) is 0.111. The Morgan fingerprint density at radius 2 is 2.00 bits per heavy atom. The van der Waals surface area contributed by atoms with Crippen molar-refractivity contribution in [3.05, 3.63) is 32.4 Å². The molecule has 1 aromatic rings. The highest BCUT2D eigenvalue weighted by molar-refractivity contribution is 14.1. The Labute approximate surface area is 107 Å². The molecule has 0 radical (unpaired) electrons. The predicted molar refractivity (Wildman–Crippen MR) is 59.1 cm³/mol. The molecule has 0 aliphatic heterocycles. The van der Waals surface area contributed by atoms with Gasteiger partial charge in [-0.15, -0.1) is 0 Å². The van der Waals surface area contributed by atoms with Crippen LogP contribution in [0, 0.1) is 14.9 Å². The second-order valence-electron chi connectivity index (χ2n) is 2.73. The number of hydrogen-bond donors (Lipinski definition) is 0. The Balaban J connectivity index is 3.62. The van der Waals surface area contributed by atoms with Gasteiger partial charge in [-0.1, -0.05) is 0 Å². The van der Waals surface area contributed by atoms with E-state index in [1.807, 2.05) is 0 Å². The molecule has 0 aliphatic rings. The van der Waals surface area contributed by atoms with E-state index in [9.17, 15) is 18.0 Å².